The molecule has 0 unspecified atom stereocenters. The molecule has 2 aromatic heterocycles. The zero-order valence-electron chi connectivity index (χ0n) is 17.6. The molecule has 2 N–H and O–H groups in total. The van der Waals surface area contributed by atoms with Gasteiger partial charge in [-0.3, -0.25) is 5.41 Å². The average molecular weight is 513 g/mol. The van der Waals surface area contributed by atoms with Crippen LogP contribution in [0, 0.1) is 5.41 Å². The van der Waals surface area contributed by atoms with E-state index in [-0.39, 0.29) is 12.3 Å². The number of aromatic amines is 1. The molecular formula is C22H21BrN6O2S. The highest BCUT2D eigenvalue weighted by molar-refractivity contribution is 9.10. The van der Waals surface area contributed by atoms with Crippen molar-refractivity contribution in [1.82, 2.24) is 19.5 Å². The number of hydrogen-bond donors (Lipinski definition) is 2. The van der Waals surface area contributed by atoms with E-state index in [0.717, 1.165) is 21.5 Å². The van der Waals surface area contributed by atoms with Gasteiger partial charge in [-0.1, -0.05) is 23.9 Å². The fourth-order valence-electron chi connectivity index (χ4n) is 3.47. The van der Waals surface area contributed by atoms with E-state index in [0.29, 0.717) is 28.6 Å². The van der Waals surface area contributed by atoms with E-state index in [1.165, 1.54) is 23.0 Å². The molecule has 32 heavy (non-hydrogen) atoms. The van der Waals surface area contributed by atoms with E-state index < -0.39 is 0 Å². The highest BCUT2D eigenvalue weighted by Gasteiger charge is 2.18. The number of rotatable bonds is 6. The van der Waals surface area contributed by atoms with E-state index in [1.54, 1.807) is 6.33 Å². The molecule has 0 spiro atoms. The first-order chi connectivity index (χ1) is 15.5. The Bertz CT molecular complexity index is 1350. The lowest BCUT2D eigenvalue weighted by molar-refractivity contribution is 0.174. The van der Waals surface area contributed by atoms with Crippen molar-refractivity contribution in [2.24, 2.45) is 0 Å². The molecule has 0 radical (unpaired) electrons. The van der Waals surface area contributed by atoms with Crippen molar-refractivity contribution < 1.29 is 9.47 Å². The van der Waals surface area contributed by atoms with Crippen LogP contribution in [-0.2, 0) is 13.0 Å². The molecule has 0 fully saturated rings. The standard InChI is InChI=1S/C22H21BrN6O2S/c1-28(2)14-5-3-13(4-6-14)7-8-29-11-25-20(24)19-21(29)27-22(26-19)32-18-10-17-16(9-15(18)23)30-12-31-17/h3-6,9-11,24H,7-8,12H2,1-2H3,(H,26,27). The second-order valence-electron chi connectivity index (χ2n) is 7.58. The average Bonchev–Trinajstić information content (AvgIpc) is 3.41. The van der Waals surface area contributed by atoms with Crippen molar-refractivity contribution in [1.29, 1.82) is 5.41 Å². The minimum absolute atomic E-state index is 0.177. The maximum Gasteiger partial charge on any atom is 0.231 e. The SMILES string of the molecule is CN(C)c1ccc(CCn2cnc(=N)c3[nH]c(Sc4cc5c(cc4Br)OCO5)nc32)cc1. The van der Waals surface area contributed by atoms with E-state index in [4.69, 9.17) is 19.9 Å². The first kappa shape index (κ1) is 20.9. The van der Waals surface area contributed by atoms with Crippen molar-refractivity contribution in [3.05, 3.63) is 58.2 Å². The van der Waals surface area contributed by atoms with Gasteiger partial charge in [0.05, 0.1) is 6.33 Å². The number of aromatic nitrogens is 4. The van der Waals surface area contributed by atoms with Crippen LogP contribution in [-0.4, -0.2) is 40.4 Å². The molecule has 1 aliphatic heterocycles. The smallest absolute Gasteiger partial charge is 0.231 e. The first-order valence-electron chi connectivity index (χ1n) is 10.0. The molecule has 3 heterocycles. The number of aryl methyl sites for hydroxylation is 2. The summed E-state index contributed by atoms with van der Waals surface area (Å²) in [6.07, 6.45) is 2.53. The molecule has 8 nitrogen and oxygen atoms in total. The molecule has 0 bridgehead atoms. The van der Waals surface area contributed by atoms with Crippen molar-refractivity contribution in [3.8, 4) is 11.5 Å². The Balaban J connectivity index is 1.40. The Kier molecular flexibility index (Phi) is 5.56. The minimum atomic E-state index is 0.177. The normalized spacial score (nSPS) is 12.5. The molecular weight excluding hydrogens is 492 g/mol. The fraction of sp³-hybridized carbons (Fsp3) is 0.227. The number of H-pyrrole nitrogens is 1. The summed E-state index contributed by atoms with van der Waals surface area (Å²) >= 11 is 5.05. The molecule has 164 valence electrons. The van der Waals surface area contributed by atoms with Crippen LogP contribution in [0.25, 0.3) is 11.2 Å². The van der Waals surface area contributed by atoms with Crippen LogP contribution in [0.15, 0.2) is 57.3 Å². The highest BCUT2D eigenvalue weighted by Crippen LogP contribution is 2.42. The summed E-state index contributed by atoms with van der Waals surface area (Å²) in [5.74, 6) is 1.44. The summed E-state index contributed by atoms with van der Waals surface area (Å²) in [6.45, 7) is 0.944. The van der Waals surface area contributed by atoms with E-state index in [2.05, 4.69) is 55.1 Å². The number of fused-ring (bicyclic) bond motifs is 2. The molecule has 0 aliphatic carbocycles. The van der Waals surface area contributed by atoms with Crippen LogP contribution in [0.5, 0.6) is 11.5 Å². The molecule has 1 aliphatic rings. The molecule has 4 aromatic rings. The quantitative estimate of drug-likeness (QED) is 0.402. The van der Waals surface area contributed by atoms with Gasteiger partial charge in [0.25, 0.3) is 0 Å². The molecule has 0 saturated carbocycles. The number of imidazole rings is 1. The highest BCUT2D eigenvalue weighted by atomic mass is 79.9. The third-order valence-electron chi connectivity index (χ3n) is 5.23. The second-order valence-corrected chi connectivity index (χ2v) is 9.46. The number of nitrogens with zero attached hydrogens (tertiary/aromatic N) is 4. The topological polar surface area (TPSA) is 92.1 Å². The maximum atomic E-state index is 8.20. The zero-order chi connectivity index (χ0) is 22.2. The van der Waals surface area contributed by atoms with E-state index >= 15 is 0 Å². The third-order valence-corrected chi connectivity index (χ3v) is 7.09. The largest absolute Gasteiger partial charge is 0.454 e. The van der Waals surface area contributed by atoms with Crippen LogP contribution < -0.4 is 19.9 Å². The molecule has 0 saturated heterocycles. The Labute approximate surface area is 197 Å². The summed E-state index contributed by atoms with van der Waals surface area (Å²) in [5, 5.41) is 8.89. The molecule has 0 atom stereocenters. The Hall–Kier alpha value is -2.98. The molecule has 2 aromatic carbocycles. The summed E-state index contributed by atoms with van der Waals surface area (Å²) in [6, 6.07) is 12.3. The van der Waals surface area contributed by atoms with Gasteiger partial charge in [-0.2, -0.15) is 0 Å². The predicted molar refractivity (Wildman–Crippen MR) is 127 cm³/mol. The number of benzene rings is 2. The predicted octanol–water partition coefficient (Wildman–Crippen LogP) is 4.19. The number of hydrogen-bond acceptors (Lipinski definition) is 7. The third kappa shape index (κ3) is 4.07. The fourth-order valence-corrected chi connectivity index (χ4v) is 4.85. The Morgan fingerprint density at radius 2 is 1.94 bits per heavy atom. The van der Waals surface area contributed by atoms with Gasteiger partial charge < -0.3 is 23.9 Å². The van der Waals surface area contributed by atoms with E-state index in [9.17, 15) is 0 Å². The molecule has 10 heteroatoms. The van der Waals surface area contributed by atoms with Gasteiger partial charge in [0.15, 0.2) is 27.8 Å². The van der Waals surface area contributed by atoms with Crippen LogP contribution in [0.4, 0.5) is 5.69 Å². The summed E-state index contributed by atoms with van der Waals surface area (Å²) in [7, 11) is 4.07. The lowest BCUT2D eigenvalue weighted by Crippen LogP contribution is -2.13. The van der Waals surface area contributed by atoms with Gasteiger partial charge in [0, 0.05) is 35.7 Å². The monoisotopic (exact) mass is 512 g/mol. The first-order valence-corrected chi connectivity index (χ1v) is 11.6. The van der Waals surface area contributed by atoms with Crippen LogP contribution in [0.3, 0.4) is 0 Å². The maximum absolute atomic E-state index is 8.20. The van der Waals surface area contributed by atoms with Crippen molar-refractivity contribution >= 4 is 44.5 Å². The van der Waals surface area contributed by atoms with Gasteiger partial charge >= 0.3 is 0 Å². The van der Waals surface area contributed by atoms with Gasteiger partial charge in [-0.05, 0) is 52.2 Å². The van der Waals surface area contributed by atoms with Crippen molar-refractivity contribution in [3.63, 3.8) is 0 Å². The van der Waals surface area contributed by atoms with E-state index in [1.807, 2.05) is 30.8 Å². The Morgan fingerprint density at radius 1 is 1.19 bits per heavy atom. The van der Waals surface area contributed by atoms with Crippen LogP contribution in [0.1, 0.15) is 5.56 Å². The number of nitrogens with one attached hydrogen (secondary N) is 2. The van der Waals surface area contributed by atoms with Gasteiger partial charge in [0.2, 0.25) is 6.79 Å². The number of ether oxygens (including phenoxy) is 2. The zero-order valence-corrected chi connectivity index (χ0v) is 20.0. The van der Waals surface area contributed by atoms with Crippen molar-refractivity contribution in [2.45, 2.75) is 23.0 Å². The lowest BCUT2D eigenvalue weighted by Gasteiger charge is -2.13. The summed E-state index contributed by atoms with van der Waals surface area (Å²) < 4.78 is 13.8. The number of halogens is 1. The second kappa shape index (κ2) is 8.51. The summed E-state index contributed by atoms with van der Waals surface area (Å²) in [5.41, 5.74) is 3.92. The van der Waals surface area contributed by atoms with Gasteiger partial charge in [-0.15, -0.1) is 0 Å². The summed E-state index contributed by atoms with van der Waals surface area (Å²) in [4.78, 5) is 15.3. The van der Waals surface area contributed by atoms with Gasteiger partial charge in [-0.25, -0.2) is 9.97 Å². The minimum Gasteiger partial charge on any atom is -0.454 e. The Morgan fingerprint density at radius 3 is 2.69 bits per heavy atom. The van der Waals surface area contributed by atoms with Crippen molar-refractivity contribution in [2.75, 3.05) is 25.8 Å². The lowest BCUT2D eigenvalue weighted by atomic mass is 10.1. The number of anilines is 1. The van der Waals surface area contributed by atoms with Crippen LogP contribution >= 0.6 is 27.7 Å². The van der Waals surface area contributed by atoms with Crippen LogP contribution in [0.2, 0.25) is 0 Å². The van der Waals surface area contributed by atoms with Gasteiger partial charge in [0.1, 0.15) is 5.52 Å². The molecule has 5 rings (SSSR count). The molecule has 0 amide bonds.